The summed E-state index contributed by atoms with van der Waals surface area (Å²) in [6.45, 7) is 9.83. The van der Waals surface area contributed by atoms with Crippen LogP contribution in [0.1, 0.15) is 37.2 Å². The van der Waals surface area contributed by atoms with Gasteiger partial charge in [0.25, 0.3) is 0 Å². The van der Waals surface area contributed by atoms with Gasteiger partial charge in [-0.05, 0) is 39.7 Å². The number of urea groups is 1. The first kappa shape index (κ1) is 18.0. The maximum atomic E-state index is 11.6. The minimum Gasteiger partial charge on any atom is -0.466 e. The highest BCUT2D eigenvalue weighted by Gasteiger charge is 2.10. The first-order chi connectivity index (χ1) is 10.5. The van der Waals surface area contributed by atoms with Crippen molar-refractivity contribution < 1.29 is 14.3 Å². The van der Waals surface area contributed by atoms with Crippen LogP contribution in [-0.4, -0.2) is 41.5 Å². The number of aromatic nitrogens is 2. The summed E-state index contributed by atoms with van der Waals surface area (Å²) in [5.74, 6) is -0.305. The summed E-state index contributed by atoms with van der Waals surface area (Å²) in [5.41, 5.74) is 3.32. The Bertz CT molecular complexity index is 511. The minimum atomic E-state index is -0.305. The quantitative estimate of drug-likeness (QED) is 0.709. The number of carbonyl (C=O) groups excluding carboxylic acids is 2. The van der Waals surface area contributed by atoms with Crippen molar-refractivity contribution in [3.63, 3.8) is 0 Å². The predicted molar refractivity (Wildman–Crippen MR) is 83.7 cm³/mol. The summed E-state index contributed by atoms with van der Waals surface area (Å²) in [4.78, 5) is 22.7. The molecule has 0 aliphatic heterocycles. The fraction of sp³-hybridized carbons (Fsp3) is 0.667. The van der Waals surface area contributed by atoms with Crippen molar-refractivity contribution in [1.82, 2.24) is 20.4 Å². The van der Waals surface area contributed by atoms with Crippen LogP contribution < -0.4 is 10.6 Å². The molecule has 1 aromatic heterocycles. The van der Waals surface area contributed by atoms with Gasteiger partial charge in [-0.2, -0.15) is 5.10 Å². The predicted octanol–water partition coefficient (Wildman–Crippen LogP) is 1.31. The molecule has 124 valence electrons. The Morgan fingerprint density at radius 2 is 1.86 bits per heavy atom. The van der Waals surface area contributed by atoms with Crippen molar-refractivity contribution in [2.45, 2.75) is 47.1 Å². The van der Waals surface area contributed by atoms with Crippen molar-refractivity contribution in [2.24, 2.45) is 0 Å². The molecular formula is C15H26N4O3. The summed E-state index contributed by atoms with van der Waals surface area (Å²) < 4.78 is 6.74. The first-order valence-electron chi connectivity index (χ1n) is 7.69. The first-order valence-corrected chi connectivity index (χ1v) is 7.69. The van der Waals surface area contributed by atoms with E-state index in [0.29, 0.717) is 13.2 Å². The Balaban J connectivity index is 2.28. The van der Waals surface area contributed by atoms with Gasteiger partial charge >= 0.3 is 12.0 Å². The molecule has 22 heavy (non-hydrogen) atoms. The number of hydrogen-bond donors (Lipinski definition) is 2. The Morgan fingerprint density at radius 1 is 1.18 bits per heavy atom. The van der Waals surface area contributed by atoms with Gasteiger partial charge in [0.05, 0.1) is 18.7 Å². The number of amides is 2. The SMILES string of the molecule is CCOC(=O)CCNC(=O)NCCc1c(C)nn(CC)c1C. The minimum absolute atomic E-state index is 0.183. The molecule has 1 rings (SSSR count). The van der Waals surface area contributed by atoms with E-state index in [0.717, 1.165) is 24.4 Å². The topological polar surface area (TPSA) is 85.2 Å². The van der Waals surface area contributed by atoms with Crippen LogP contribution >= 0.6 is 0 Å². The molecular weight excluding hydrogens is 284 g/mol. The van der Waals surface area contributed by atoms with E-state index in [1.54, 1.807) is 6.92 Å². The average molecular weight is 310 g/mol. The number of nitrogens with one attached hydrogen (secondary N) is 2. The molecule has 7 nitrogen and oxygen atoms in total. The summed E-state index contributed by atoms with van der Waals surface area (Å²) in [6.07, 6.45) is 0.922. The van der Waals surface area contributed by atoms with Crippen molar-refractivity contribution in [3.8, 4) is 0 Å². The zero-order valence-corrected chi connectivity index (χ0v) is 13.9. The average Bonchev–Trinajstić information content (AvgIpc) is 2.74. The molecule has 1 heterocycles. The van der Waals surface area contributed by atoms with Crippen LogP contribution in [0.15, 0.2) is 0 Å². The maximum absolute atomic E-state index is 11.6. The van der Waals surface area contributed by atoms with Gasteiger partial charge in [0, 0.05) is 25.3 Å². The van der Waals surface area contributed by atoms with E-state index in [9.17, 15) is 9.59 Å². The van der Waals surface area contributed by atoms with Crippen LogP contribution in [0.25, 0.3) is 0 Å². The Kier molecular flexibility index (Phi) is 7.42. The van der Waals surface area contributed by atoms with Gasteiger partial charge in [-0.25, -0.2) is 4.79 Å². The van der Waals surface area contributed by atoms with Crippen LogP contribution in [0.3, 0.4) is 0 Å². The second kappa shape index (κ2) is 9.07. The third kappa shape index (κ3) is 5.38. The number of ether oxygens (including phenoxy) is 1. The van der Waals surface area contributed by atoms with Crippen molar-refractivity contribution in [3.05, 3.63) is 17.0 Å². The number of esters is 1. The van der Waals surface area contributed by atoms with E-state index in [1.165, 1.54) is 5.56 Å². The maximum Gasteiger partial charge on any atom is 0.314 e. The summed E-state index contributed by atoms with van der Waals surface area (Å²) in [7, 11) is 0. The van der Waals surface area contributed by atoms with Crippen molar-refractivity contribution in [1.29, 1.82) is 0 Å². The molecule has 0 unspecified atom stereocenters. The number of nitrogens with zero attached hydrogens (tertiary/aromatic N) is 2. The molecule has 0 saturated heterocycles. The van der Waals surface area contributed by atoms with E-state index in [1.807, 2.05) is 18.5 Å². The van der Waals surface area contributed by atoms with E-state index < -0.39 is 0 Å². The van der Waals surface area contributed by atoms with Gasteiger partial charge in [0.1, 0.15) is 0 Å². The van der Waals surface area contributed by atoms with Crippen molar-refractivity contribution in [2.75, 3.05) is 19.7 Å². The molecule has 2 amide bonds. The van der Waals surface area contributed by atoms with E-state index in [4.69, 9.17) is 4.74 Å². The molecule has 0 bridgehead atoms. The van der Waals surface area contributed by atoms with Crippen LogP contribution in [0.5, 0.6) is 0 Å². The van der Waals surface area contributed by atoms with Crippen molar-refractivity contribution >= 4 is 12.0 Å². The second-order valence-corrected chi connectivity index (χ2v) is 4.95. The molecule has 0 fully saturated rings. The summed E-state index contributed by atoms with van der Waals surface area (Å²) in [5, 5.41) is 9.86. The number of carbonyl (C=O) groups is 2. The third-order valence-electron chi connectivity index (χ3n) is 3.41. The number of rotatable bonds is 8. The molecule has 0 aliphatic carbocycles. The fourth-order valence-corrected chi connectivity index (χ4v) is 2.28. The van der Waals surface area contributed by atoms with Gasteiger partial charge in [0.15, 0.2) is 0 Å². The smallest absolute Gasteiger partial charge is 0.314 e. The van der Waals surface area contributed by atoms with Gasteiger partial charge < -0.3 is 15.4 Å². The highest BCUT2D eigenvalue weighted by atomic mass is 16.5. The van der Waals surface area contributed by atoms with Crippen LogP contribution in [0.2, 0.25) is 0 Å². The Morgan fingerprint density at radius 3 is 2.45 bits per heavy atom. The van der Waals surface area contributed by atoms with E-state index in [2.05, 4.69) is 22.7 Å². The van der Waals surface area contributed by atoms with Crippen LogP contribution in [0, 0.1) is 13.8 Å². The second-order valence-electron chi connectivity index (χ2n) is 4.95. The Hall–Kier alpha value is -2.05. The molecule has 2 N–H and O–H groups in total. The van der Waals surface area contributed by atoms with E-state index in [-0.39, 0.29) is 25.0 Å². The molecule has 0 aromatic carbocycles. The van der Waals surface area contributed by atoms with Crippen LogP contribution in [0.4, 0.5) is 4.79 Å². The van der Waals surface area contributed by atoms with Gasteiger partial charge in [-0.15, -0.1) is 0 Å². The lowest BCUT2D eigenvalue weighted by molar-refractivity contribution is -0.142. The lowest BCUT2D eigenvalue weighted by atomic mass is 10.1. The Labute approximate surface area is 131 Å². The molecule has 0 aliphatic rings. The molecule has 0 spiro atoms. The number of aryl methyl sites for hydroxylation is 2. The molecule has 1 aromatic rings. The molecule has 7 heteroatoms. The molecule has 0 radical (unpaired) electrons. The zero-order valence-electron chi connectivity index (χ0n) is 13.9. The molecule has 0 saturated carbocycles. The summed E-state index contributed by atoms with van der Waals surface area (Å²) >= 11 is 0. The standard InChI is InChI=1S/C15H26N4O3/c1-5-19-12(4)13(11(3)18-19)7-9-16-15(21)17-10-8-14(20)22-6-2/h5-10H2,1-4H3,(H2,16,17,21). The third-order valence-corrected chi connectivity index (χ3v) is 3.41. The normalized spacial score (nSPS) is 10.4. The largest absolute Gasteiger partial charge is 0.466 e. The monoisotopic (exact) mass is 310 g/mol. The van der Waals surface area contributed by atoms with E-state index >= 15 is 0 Å². The zero-order chi connectivity index (χ0) is 16.5. The highest BCUT2D eigenvalue weighted by molar-refractivity contribution is 5.75. The van der Waals surface area contributed by atoms with Gasteiger partial charge in [-0.1, -0.05) is 0 Å². The fourth-order valence-electron chi connectivity index (χ4n) is 2.28. The van der Waals surface area contributed by atoms with Crippen LogP contribution in [-0.2, 0) is 22.5 Å². The summed E-state index contributed by atoms with van der Waals surface area (Å²) in [6, 6.07) is -0.275. The molecule has 0 atom stereocenters. The lowest BCUT2D eigenvalue weighted by Crippen LogP contribution is -2.37. The van der Waals surface area contributed by atoms with Gasteiger partial charge in [-0.3, -0.25) is 9.48 Å². The lowest BCUT2D eigenvalue weighted by Gasteiger charge is -2.08. The van der Waals surface area contributed by atoms with Gasteiger partial charge in [0.2, 0.25) is 0 Å². The highest BCUT2D eigenvalue weighted by Crippen LogP contribution is 2.13. The number of hydrogen-bond acceptors (Lipinski definition) is 4.